The molecule has 4 aliphatic rings. The predicted octanol–water partition coefficient (Wildman–Crippen LogP) is 4.13. The van der Waals surface area contributed by atoms with Gasteiger partial charge in [-0.2, -0.15) is 0 Å². The van der Waals surface area contributed by atoms with E-state index in [-0.39, 0.29) is 17.4 Å². The molecule has 0 saturated heterocycles. The van der Waals surface area contributed by atoms with Gasteiger partial charge in [0.05, 0.1) is 6.10 Å². The van der Waals surface area contributed by atoms with Crippen LogP contribution in [0.5, 0.6) is 0 Å². The smallest absolute Gasteiger partial charge is 0.126 e. The van der Waals surface area contributed by atoms with Crippen LogP contribution < -0.4 is 0 Å². The summed E-state index contributed by atoms with van der Waals surface area (Å²) in [5.41, 5.74) is 2.09. The second-order valence-electron chi connectivity index (χ2n) is 9.00. The Morgan fingerprint density at radius 2 is 1.91 bits per heavy atom. The van der Waals surface area contributed by atoms with Gasteiger partial charge in [-0.25, -0.2) is 0 Å². The number of hydrogen-bond donors (Lipinski definition) is 1. The van der Waals surface area contributed by atoms with Crippen molar-refractivity contribution in [2.75, 3.05) is 0 Å². The van der Waals surface area contributed by atoms with Crippen molar-refractivity contribution < 1.29 is 9.90 Å². The molecule has 0 heterocycles. The maximum Gasteiger partial charge on any atom is 0.126 e. The van der Waals surface area contributed by atoms with Crippen LogP contribution in [0.3, 0.4) is 0 Å². The molecule has 4 rings (SSSR count). The van der Waals surface area contributed by atoms with Crippen LogP contribution in [-0.2, 0) is 4.79 Å². The first-order chi connectivity index (χ1) is 10.5. The number of hydrogen-bond acceptors (Lipinski definition) is 2. The molecule has 1 unspecified atom stereocenters. The van der Waals surface area contributed by atoms with Gasteiger partial charge in [-0.05, 0) is 80.0 Å². The number of carbonyl (C=O) groups is 1. The number of carbonyl (C=O) groups excluding carboxylic acids is 1. The lowest BCUT2D eigenvalue weighted by Gasteiger charge is -2.58. The summed E-state index contributed by atoms with van der Waals surface area (Å²) in [4.78, 5) is 11.2. The van der Waals surface area contributed by atoms with Crippen molar-refractivity contribution in [3.63, 3.8) is 0 Å². The third-order valence-corrected chi connectivity index (χ3v) is 8.27. The van der Waals surface area contributed by atoms with E-state index in [1.165, 1.54) is 38.5 Å². The van der Waals surface area contributed by atoms with Crippen molar-refractivity contribution in [1.29, 1.82) is 0 Å². The molecule has 3 fully saturated rings. The molecule has 3 saturated carbocycles. The Hall–Kier alpha value is -0.630. The van der Waals surface area contributed by atoms with E-state index in [0.29, 0.717) is 5.41 Å². The third kappa shape index (κ3) is 1.85. The Balaban J connectivity index is 1.66. The fourth-order valence-corrected chi connectivity index (χ4v) is 6.83. The molecule has 122 valence electrons. The SMILES string of the molecule is C[C@]12CC[C@H]3[C@@H](CCC4=CC(C=O)CC[C@@]43C)[C@@H]1CC[C@@H]2O. The summed E-state index contributed by atoms with van der Waals surface area (Å²) < 4.78 is 0. The van der Waals surface area contributed by atoms with Crippen molar-refractivity contribution >= 4 is 6.29 Å². The molecule has 2 nitrogen and oxygen atoms in total. The Kier molecular flexibility index (Phi) is 3.35. The second-order valence-corrected chi connectivity index (χ2v) is 9.00. The molecule has 0 spiro atoms. The van der Waals surface area contributed by atoms with Gasteiger partial charge in [0.2, 0.25) is 0 Å². The van der Waals surface area contributed by atoms with E-state index in [0.717, 1.165) is 36.9 Å². The molecule has 1 N–H and O–H groups in total. The van der Waals surface area contributed by atoms with Crippen molar-refractivity contribution in [3.05, 3.63) is 11.6 Å². The number of rotatable bonds is 1. The monoisotopic (exact) mass is 302 g/mol. The van der Waals surface area contributed by atoms with E-state index in [2.05, 4.69) is 19.9 Å². The Bertz CT molecular complexity index is 510. The number of aldehydes is 1. The molecule has 22 heavy (non-hydrogen) atoms. The molecule has 0 amide bonds. The van der Waals surface area contributed by atoms with Gasteiger partial charge in [-0.1, -0.05) is 25.5 Å². The molecular formula is C20H30O2. The van der Waals surface area contributed by atoms with Crippen LogP contribution in [0.25, 0.3) is 0 Å². The number of allylic oxidation sites excluding steroid dienone is 2. The molecule has 0 aromatic carbocycles. The van der Waals surface area contributed by atoms with E-state index in [4.69, 9.17) is 0 Å². The van der Waals surface area contributed by atoms with Crippen molar-refractivity contribution in [2.24, 2.45) is 34.5 Å². The highest BCUT2D eigenvalue weighted by atomic mass is 16.3. The number of fused-ring (bicyclic) bond motifs is 5. The molecule has 0 aliphatic heterocycles. The van der Waals surface area contributed by atoms with Crippen molar-refractivity contribution in [1.82, 2.24) is 0 Å². The highest BCUT2D eigenvalue weighted by molar-refractivity contribution is 5.58. The van der Waals surface area contributed by atoms with Crippen LogP contribution in [0.2, 0.25) is 0 Å². The molecule has 2 heteroatoms. The first-order valence-corrected chi connectivity index (χ1v) is 9.33. The first kappa shape index (κ1) is 14.9. The van der Waals surface area contributed by atoms with Gasteiger partial charge in [0, 0.05) is 5.92 Å². The number of aliphatic hydroxyl groups is 1. The highest BCUT2D eigenvalue weighted by Gasteiger charge is 2.58. The molecule has 0 aromatic rings. The Morgan fingerprint density at radius 3 is 2.68 bits per heavy atom. The lowest BCUT2D eigenvalue weighted by molar-refractivity contribution is -0.111. The normalized spacial score (nSPS) is 54.0. The van der Waals surface area contributed by atoms with Gasteiger partial charge >= 0.3 is 0 Å². The first-order valence-electron chi connectivity index (χ1n) is 9.33. The fraction of sp³-hybridized carbons (Fsp3) is 0.850. The third-order valence-electron chi connectivity index (χ3n) is 8.27. The summed E-state index contributed by atoms with van der Waals surface area (Å²) in [6, 6.07) is 0. The minimum Gasteiger partial charge on any atom is -0.393 e. The van der Waals surface area contributed by atoms with Crippen LogP contribution in [-0.4, -0.2) is 17.5 Å². The van der Waals surface area contributed by atoms with Gasteiger partial charge in [0.25, 0.3) is 0 Å². The van der Waals surface area contributed by atoms with E-state index in [1.807, 2.05) is 0 Å². The molecule has 0 bridgehead atoms. The molecule has 0 radical (unpaired) electrons. The average Bonchev–Trinajstić information content (AvgIpc) is 2.82. The van der Waals surface area contributed by atoms with Gasteiger partial charge in [0.1, 0.15) is 6.29 Å². The maximum absolute atomic E-state index is 11.2. The molecule has 0 aromatic heterocycles. The summed E-state index contributed by atoms with van der Waals surface area (Å²) in [7, 11) is 0. The fourth-order valence-electron chi connectivity index (χ4n) is 6.83. The van der Waals surface area contributed by atoms with Gasteiger partial charge in [-0.3, -0.25) is 0 Å². The van der Waals surface area contributed by atoms with Crippen molar-refractivity contribution in [3.8, 4) is 0 Å². The lowest BCUT2D eigenvalue weighted by atomic mass is 9.47. The van der Waals surface area contributed by atoms with Gasteiger partial charge < -0.3 is 9.90 Å². The topological polar surface area (TPSA) is 37.3 Å². The van der Waals surface area contributed by atoms with Crippen LogP contribution in [0, 0.1) is 34.5 Å². The second kappa shape index (κ2) is 4.93. The maximum atomic E-state index is 11.2. The van der Waals surface area contributed by atoms with E-state index < -0.39 is 0 Å². The lowest BCUT2D eigenvalue weighted by Crippen LogP contribution is -2.51. The van der Waals surface area contributed by atoms with Crippen LogP contribution in [0.1, 0.15) is 65.2 Å². The predicted molar refractivity (Wildman–Crippen MR) is 87.3 cm³/mol. The van der Waals surface area contributed by atoms with Gasteiger partial charge in [0.15, 0.2) is 0 Å². The zero-order valence-corrected chi connectivity index (χ0v) is 14.1. The van der Waals surface area contributed by atoms with Gasteiger partial charge in [-0.15, -0.1) is 0 Å². The zero-order chi connectivity index (χ0) is 15.5. The highest BCUT2D eigenvalue weighted by Crippen LogP contribution is 2.65. The summed E-state index contributed by atoms with van der Waals surface area (Å²) in [6.45, 7) is 4.83. The van der Waals surface area contributed by atoms with Crippen LogP contribution in [0.4, 0.5) is 0 Å². The Morgan fingerprint density at radius 1 is 1.09 bits per heavy atom. The summed E-state index contributed by atoms with van der Waals surface area (Å²) >= 11 is 0. The summed E-state index contributed by atoms with van der Waals surface area (Å²) in [5.74, 6) is 2.47. The van der Waals surface area contributed by atoms with Crippen LogP contribution in [0.15, 0.2) is 11.6 Å². The summed E-state index contributed by atoms with van der Waals surface area (Å²) in [6.07, 6.45) is 12.8. The van der Waals surface area contributed by atoms with Crippen molar-refractivity contribution in [2.45, 2.75) is 71.3 Å². The average molecular weight is 302 g/mol. The minimum absolute atomic E-state index is 0.0750. The quantitative estimate of drug-likeness (QED) is 0.584. The molecular weight excluding hydrogens is 272 g/mol. The van der Waals surface area contributed by atoms with E-state index >= 15 is 0 Å². The molecule has 7 atom stereocenters. The van der Waals surface area contributed by atoms with Crippen LogP contribution >= 0.6 is 0 Å². The zero-order valence-electron chi connectivity index (χ0n) is 14.1. The molecule has 4 aliphatic carbocycles. The minimum atomic E-state index is -0.0750. The van der Waals surface area contributed by atoms with E-state index in [9.17, 15) is 9.90 Å². The Labute approximate surface area is 134 Å². The standard InChI is InChI=1S/C20H30O2/c1-19-9-7-13(12-21)11-14(19)3-4-15-16-5-6-18(22)20(16,2)10-8-17(15)19/h11-13,15-18,22H,3-10H2,1-2H3/t13?,15-,16-,17-,18-,19-,20-/m0/s1. The number of aliphatic hydroxyl groups excluding tert-OH is 1. The largest absolute Gasteiger partial charge is 0.393 e. The summed E-state index contributed by atoms with van der Waals surface area (Å²) in [5, 5.41) is 10.5. The van der Waals surface area contributed by atoms with E-state index in [1.54, 1.807) is 5.57 Å².